The Labute approximate surface area is 92.3 Å². The maximum Gasteiger partial charge on any atom is 0.177 e. The first kappa shape index (κ1) is 13.0. The summed E-state index contributed by atoms with van der Waals surface area (Å²) in [6, 6.07) is 2.50. The molecule has 0 bridgehead atoms. The maximum absolute atomic E-state index is 13.5. The number of methoxy groups -OCH3 is 2. The molecule has 0 aliphatic rings. The van der Waals surface area contributed by atoms with Crippen molar-refractivity contribution >= 4 is 0 Å². The quantitative estimate of drug-likeness (QED) is 0.453. The lowest BCUT2D eigenvalue weighted by Crippen LogP contribution is -2.39. The number of nitrogens with two attached hydrogens (primary N) is 1. The molecule has 1 aromatic rings. The molecule has 16 heavy (non-hydrogen) atoms. The Hall–Kier alpha value is -1.08. The van der Waals surface area contributed by atoms with Gasteiger partial charge in [-0.1, -0.05) is 6.07 Å². The largest absolute Gasteiger partial charge is 0.354 e. The molecule has 4 nitrogen and oxygen atoms in total. The van der Waals surface area contributed by atoms with Gasteiger partial charge in [0, 0.05) is 25.8 Å². The van der Waals surface area contributed by atoms with Crippen LogP contribution in [0, 0.1) is 11.6 Å². The standard InChI is InChI=1S/C10H14F2N2O2/c1-15-10(16-2)9(14-13)7-4-3-6(11)5-8(7)12/h3-5,9-10,14H,13H2,1-2H3. The predicted octanol–water partition coefficient (Wildman–Crippen LogP) is 1.09. The van der Waals surface area contributed by atoms with Crippen LogP contribution in [0.2, 0.25) is 0 Å². The van der Waals surface area contributed by atoms with Crippen molar-refractivity contribution in [3.63, 3.8) is 0 Å². The molecule has 0 amide bonds. The molecule has 0 fully saturated rings. The molecule has 1 unspecified atom stereocenters. The van der Waals surface area contributed by atoms with Gasteiger partial charge in [0.2, 0.25) is 0 Å². The van der Waals surface area contributed by atoms with Crippen LogP contribution in [0.15, 0.2) is 18.2 Å². The summed E-state index contributed by atoms with van der Waals surface area (Å²) in [5.74, 6) is 3.94. The lowest BCUT2D eigenvalue weighted by Gasteiger charge is -2.24. The van der Waals surface area contributed by atoms with Gasteiger partial charge >= 0.3 is 0 Å². The number of hydrogen-bond donors (Lipinski definition) is 2. The summed E-state index contributed by atoms with van der Waals surface area (Å²) in [5, 5.41) is 0. The van der Waals surface area contributed by atoms with Gasteiger partial charge in [0.05, 0.1) is 6.04 Å². The Balaban J connectivity index is 3.03. The van der Waals surface area contributed by atoms with Crippen molar-refractivity contribution in [3.8, 4) is 0 Å². The number of halogens is 2. The zero-order chi connectivity index (χ0) is 12.1. The average molecular weight is 232 g/mol. The van der Waals surface area contributed by atoms with Crippen molar-refractivity contribution in [1.82, 2.24) is 5.43 Å². The van der Waals surface area contributed by atoms with Crippen LogP contribution in [0.1, 0.15) is 11.6 Å². The molecule has 0 aromatic heterocycles. The summed E-state index contributed by atoms with van der Waals surface area (Å²) in [7, 11) is 2.81. The summed E-state index contributed by atoms with van der Waals surface area (Å²) >= 11 is 0. The van der Waals surface area contributed by atoms with Gasteiger partial charge in [0.15, 0.2) is 6.29 Å². The van der Waals surface area contributed by atoms with Gasteiger partial charge in [0.25, 0.3) is 0 Å². The van der Waals surface area contributed by atoms with Crippen molar-refractivity contribution in [2.45, 2.75) is 12.3 Å². The van der Waals surface area contributed by atoms with E-state index in [1.165, 1.54) is 20.3 Å². The number of nitrogens with one attached hydrogen (secondary N) is 1. The third-order valence-corrected chi connectivity index (χ3v) is 2.21. The van der Waals surface area contributed by atoms with Crippen molar-refractivity contribution < 1.29 is 18.3 Å². The van der Waals surface area contributed by atoms with Crippen molar-refractivity contribution in [3.05, 3.63) is 35.4 Å². The Kier molecular flexibility index (Phi) is 4.75. The van der Waals surface area contributed by atoms with Gasteiger partial charge in [-0.3, -0.25) is 5.84 Å². The molecule has 1 rings (SSSR count). The van der Waals surface area contributed by atoms with E-state index in [1.807, 2.05) is 0 Å². The van der Waals surface area contributed by atoms with Gasteiger partial charge < -0.3 is 9.47 Å². The van der Waals surface area contributed by atoms with Crippen molar-refractivity contribution in [2.75, 3.05) is 14.2 Å². The molecule has 0 radical (unpaired) electrons. The SMILES string of the molecule is COC(OC)C(NN)c1ccc(F)cc1F. The molecule has 1 atom stereocenters. The van der Waals surface area contributed by atoms with Crippen LogP contribution in [-0.2, 0) is 9.47 Å². The predicted molar refractivity (Wildman–Crippen MR) is 54.2 cm³/mol. The van der Waals surface area contributed by atoms with Crippen LogP contribution in [0.5, 0.6) is 0 Å². The zero-order valence-electron chi connectivity index (χ0n) is 9.04. The van der Waals surface area contributed by atoms with E-state index >= 15 is 0 Å². The number of hydrazine groups is 1. The van der Waals surface area contributed by atoms with Crippen LogP contribution in [0.4, 0.5) is 8.78 Å². The smallest absolute Gasteiger partial charge is 0.177 e. The number of ether oxygens (including phenoxy) is 2. The highest BCUT2D eigenvalue weighted by atomic mass is 19.1. The van der Waals surface area contributed by atoms with Crippen molar-refractivity contribution in [1.29, 1.82) is 0 Å². The Bertz CT molecular complexity index is 346. The van der Waals surface area contributed by atoms with Crippen LogP contribution < -0.4 is 11.3 Å². The fraction of sp³-hybridized carbons (Fsp3) is 0.400. The van der Waals surface area contributed by atoms with E-state index in [9.17, 15) is 8.78 Å². The van der Waals surface area contributed by atoms with Gasteiger partial charge in [0.1, 0.15) is 11.6 Å². The number of benzene rings is 1. The van der Waals surface area contributed by atoms with Gasteiger partial charge in [-0.2, -0.15) is 0 Å². The van der Waals surface area contributed by atoms with Gasteiger partial charge in [-0.25, -0.2) is 14.2 Å². The van der Waals surface area contributed by atoms with Crippen LogP contribution >= 0.6 is 0 Å². The monoisotopic (exact) mass is 232 g/mol. The van der Waals surface area contributed by atoms with Crippen LogP contribution in [-0.4, -0.2) is 20.5 Å². The molecule has 0 aliphatic heterocycles. The Morgan fingerprint density at radius 3 is 2.31 bits per heavy atom. The molecule has 0 heterocycles. The van der Waals surface area contributed by atoms with Crippen LogP contribution in [0.25, 0.3) is 0 Å². The minimum atomic E-state index is -0.759. The molecular formula is C10H14F2N2O2. The van der Waals surface area contributed by atoms with Gasteiger partial charge in [-0.05, 0) is 6.07 Å². The maximum atomic E-state index is 13.5. The molecule has 0 aliphatic carbocycles. The first-order valence-corrected chi connectivity index (χ1v) is 4.60. The highest BCUT2D eigenvalue weighted by molar-refractivity contribution is 5.22. The molecule has 6 heteroatoms. The molecule has 0 spiro atoms. The highest BCUT2D eigenvalue weighted by Crippen LogP contribution is 2.22. The summed E-state index contributed by atoms with van der Waals surface area (Å²) in [6.07, 6.45) is -0.759. The molecule has 0 saturated carbocycles. The zero-order valence-corrected chi connectivity index (χ0v) is 9.04. The van der Waals surface area contributed by atoms with E-state index in [2.05, 4.69) is 5.43 Å². The van der Waals surface area contributed by atoms with E-state index in [1.54, 1.807) is 0 Å². The Morgan fingerprint density at radius 1 is 1.25 bits per heavy atom. The fourth-order valence-corrected chi connectivity index (χ4v) is 1.44. The highest BCUT2D eigenvalue weighted by Gasteiger charge is 2.24. The molecule has 90 valence electrons. The second-order valence-corrected chi connectivity index (χ2v) is 3.15. The summed E-state index contributed by atoms with van der Waals surface area (Å²) < 4.78 is 36.1. The summed E-state index contributed by atoms with van der Waals surface area (Å²) in [6.45, 7) is 0. The molecule has 1 aromatic carbocycles. The Morgan fingerprint density at radius 2 is 1.88 bits per heavy atom. The summed E-state index contributed by atoms with van der Waals surface area (Å²) in [5.41, 5.74) is 2.55. The van der Waals surface area contributed by atoms with Gasteiger partial charge in [-0.15, -0.1) is 0 Å². The second-order valence-electron chi connectivity index (χ2n) is 3.15. The van der Waals surface area contributed by atoms with Crippen molar-refractivity contribution in [2.24, 2.45) is 5.84 Å². The third-order valence-electron chi connectivity index (χ3n) is 2.21. The lowest BCUT2D eigenvalue weighted by atomic mass is 10.1. The minimum absolute atomic E-state index is 0.178. The summed E-state index contributed by atoms with van der Waals surface area (Å²) in [4.78, 5) is 0. The first-order chi connectivity index (χ1) is 7.63. The fourth-order valence-electron chi connectivity index (χ4n) is 1.44. The number of rotatable bonds is 5. The topological polar surface area (TPSA) is 56.5 Å². The van der Waals surface area contributed by atoms with E-state index in [0.717, 1.165) is 12.1 Å². The molecular weight excluding hydrogens is 218 g/mol. The molecule has 3 N–H and O–H groups in total. The number of hydrogen-bond acceptors (Lipinski definition) is 4. The molecule has 0 saturated heterocycles. The third kappa shape index (κ3) is 2.73. The normalized spacial score (nSPS) is 13.1. The average Bonchev–Trinajstić information content (AvgIpc) is 2.27. The van der Waals surface area contributed by atoms with E-state index in [0.29, 0.717) is 0 Å². The minimum Gasteiger partial charge on any atom is -0.354 e. The first-order valence-electron chi connectivity index (χ1n) is 4.60. The van der Waals surface area contributed by atoms with E-state index < -0.39 is 24.0 Å². The van der Waals surface area contributed by atoms with Crippen LogP contribution in [0.3, 0.4) is 0 Å². The van der Waals surface area contributed by atoms with E-state index in [-0.39, 0.29) is 5.56 Å². The lowest BCUT2D eigenvalue weighted by molar-refractivity contribution is -0.124. The second kappa shape index (κ2) is 5.86. The van der Waals surface area contributed by atoms with E-state index in [4.69, 9.17) is 15.3 Å².